The first-order valence-corrected chi connectivity index (χ1v) is 8.22. The average Bonchev–Trinajstić information content (AvgIpc) is 3.14. The fourth-order valence-corrected chi connectivity index (χ4v) is 3.31. The summed E-state index contributed by atoms with van der Waals surface area (Å²) in [5.74, 6) is 0.544. The number of hydrogen-bond acceptors (Lipinski definition) is 5. The van der Waals surface area contributed by atoms with Gasteiger partial charge in [-0.1, -0.05) is 0 Å². The van der Waals surface area contributed by atoms with Crippen molar-refractivity contribution in [2.75, 3.05) is 13.6 Å². The molecule has 2 aromatic heterocycles. The number of rotatable bonds is 4. The predicted octanol–water partition coefficient (Wildman–Crippen LogP) is 1.39. The Bertz CT molecular complexity index is 755. The summed E-state index contributed by atoms with van der Waals surface area (Å²) >= 11 is 0. The molecule has 3 heterocycles. The molecular formula is C17H24N6O. The third-order valence-electron chi connectivity index (χ3n) is 4.85. The van der Waals surface area contributed by atoms with E-state index in [9.17, 15) is 4.79 Å². The summed E-state index contributed by atoms with van der Waals surface area (Å²) < 4.78 is 2.03. The molecule has 24 heavy (non-hydrogen) atoms. The molecule has 7 heteroatoms. The number of amides is 1. The summed E-state index contributed by atoms with van der Waals surface area (Å²) in [5, 5.41) is 2.64. The lowest BCUT2D eigenvalue weighted by Gasteiger charge is -2.34. The Morgan fingerprint density at radius 3 is 2.88 bits per heavy atom. The van der Waals surface area contributed by atoms with Crippen LogP contribution in [0, 0.1) is 6.92 Å². The molecule has 1 aliphatic rings. The van der Waals surface area contributed by atoms with Crippen LogP contribution in [-0.4, -0.2) is 43.9 Å². The minimum Gasteiger partial charge on any atom is -0.354 e. The first kappa shape index (κ1) is 16.6. The van der Waals surface area contributed by atoms with Gasteiger partial charge in [0.1, 0.15) is 11.5 Å². The van der Waals surface area contributed by atoms with Gasteiger partial charge in [-0.15, -0.1) is 0 Å². The van der Waals surface area contributed by atoms with Crippen molar-refractivity contribution in [3.8, 4) is 0 Å². The molecule has 1 N–H and O–H groups in total. The molecule has 1 aliphatic heterocycles. The molecule has 1 fully saturated rings. The van der Waals surface area contributed by atoms with E-state index in [-0.39, 0.29) is 11.4 Å². The van der Waals surface area contributed by atoms with Crippen LogP contribution in [0.3, 0.4) is 0 Å². The molecule has 2 aromatic rings. The van der Waals surface area contributed by atoms with Crippen molar-refractivity contribution in [2.45, 2.75) is 38.8 Å². The zero-order chi connectivity index (χ0) is 17.3. The van der Waals surface area contributed by atoms with Gasteiger partial charge in [-0.25, -0.2) is 15.0 Å². The van der Waals surface area contributed by atoms with Gasteiger partial charge in [0.2, 0.25) is 0 Å². The maximum absolute atomic E-state index is 12.0. The van der Waals surface area contributed by atoms with Crippen LogP contribution in [-0.2, 0) is 19.1 Å². The van der Waals surface area contributed by atoms with Crippen molar-refractivity contribution < 1.29 is 4.79 Å². The van der Waals surface area contributed by atoms with E-state index in [1.54, 1.807) is 13.1 Å². The highest BCUT2D eigenvalue weighted by atomic mass is 16.1. The summed E-state index contributed by atoms with van der Waals surface area (Å²) in [6.45, 7) is 5.84. The standard InChI is InChI=1S/C17H24N6O/c1-12-8-14(15(24)18-3)21-16(20-12)17(2)6-5-7-23(17)10-13-9-19-11-22(13)4/h8-9,11H,5-7,10H2,1-4H3,(H,18,24)/t17-/m1/s1. The number of carbonyl (C=O) groups excluding carboxylic acids is 1. The third-order valence-corrected chi connectivity index (χ3v) is 4.85. The maximum atomic E-state index is 12.0. The molecule has 0 spiro atoms. The number of nitrogens with one attached hydrogen (secondary N) is 1. The van der Waals surface area contributed by atoms with Crippen LogP contribution < -0.4 is 5.32 Å². The van der Waals surface area contributed by atoms with Gasteiger partial charge in [0, 0.05) is 32.5 Å². The number of nitrogens with zero attached hydrogens (tertiary/aromatic N) is 5. The van der Waals surface area contributed by atoms with E-state index in [0.29, 0.717) is 5.69 Å². The Kier molecular flexibility index (Phi) is 4.36. The summed E-state index contributed by atoms with van der Waals surface area (Å²) in [6.07, 6.45) is 5.77. The largest absolute Gasteiger partial charge is 0.354 e. The van der Waals surface area contributed by atoms with Crippen LogP contribution in [0.5, 0.6) is 0 Å². The number of aromatic nitrogens is 4. The Morgan fingerprint density at radius 2 is 2.21 bits per heavy atom. The molecule has 0 saturated carbocycles. The van der Waals surface area contributed by atoms with E-state index in [4.69, 9.17) is 0 Å². The lowest BCUT2D eigenvalue weighted by molar-refractivity contribution is 0.0954. The molecule has 7 nitrogen and oxygen atoms in total. The van der Waals surface area contributed by atoms with E-state index in [0.717, 1.165) is 43.1 Å². The van der Waals surface area contributed by atoms with Crippen molar-refractivity contribution in [3.63, 3.8) is 0 Å². The molecule has 128 valence electrons. The Morgan fingerprint density at radius 1 is 1.42 bits per heavy atom. The zero-order valence-electron chi connectivity index (χ0n) is 14.7. The van der Waals surface area contributed by atoms with E-state index >= 15 is 0 Å². The van der Waals surface area contributed by atoms with E-state index in [2.05, 4.69) is 32.1 Å². The molecule has 0 aromatic carbocycles. The van der Waals surface area contributed by atoms with Crippen molar-refractivity contribution in [1.82, 2.24) is 29.7 Å². The Labute approximate surface area is 142 Å². The SMILES string of the molecule is CNC(=O)c1cc(C)nc([C@@]2(C)CCCN2Cc2cncn2C)n1. The Balaban J connectivity index is 1.95. The second kappa shape index (κ2) is 6.32. The molecule has 0 unspecified atom stereocenters. The lowest BCUT2D eigenvalue weighted by Crippen LogP contribution is -2.40. The minimum atomic E-state index is -0.279. The number of aryl methyl sites for hydroxylation is 2. The predicted molar refractivity (Wildman–Crippen MR) is 90.4 cm³/mol. The number of imidazole rings is 1. The quantitative estimate of drug-likeness (QED) is 0.918. The molecule has 0 bridgehead atoms. The number of likely N-dealkylation sites (tertiary alicyclic amines) is 1. The first-order chi connectivity index (χ1) is 11.4. The summed E-state index contributed by atoms with van der Waals surface area (Å²) in [7, 11) is 3.62. The van der Waals surface area contributed by atoms with Crippen LogP contribution >= 0.6 is 0 Å². The average molecular weight is 328 g/mol. The van der Waals surface area contributed by atoms with E-state index < -0.39 is 0 Å². The van der Waals surface area contributed by atoms with Crippen molar-refractivity contribution >= 4 is 5.91 Å². The van der Waals surface area contributed by atoms with Crippen molar-refractivity contribution in [2.24, 2.45) is 7.05 Å². The van der Waals surface area contributed by atoms with Crippen LogP contribution in [0.1, 0.15) is 47.5 Å². The van der Waals surface area contributed by atoms with Crippen LogP contribution in [0.4, 0.5) is 0 Å². The smallest absolute Gasteiger partial charge is 0.269 e. The van der Waals surface area contributed by atoms with Gasteiger partial charge in [0.15, 0.2) is 0 Å². The summed E-state index contributed by atoms with van der Waals surface area (Å²) in [6, 6.07) is 1.73. The molecule has 1 amide bonds. The molecule has 0 radical (unpaired) electrons. The molecule has 1 atom stereocenters. The monoisotopic (exact) mass is 328 g/mol. The van der Waals surface area contributed by atoms with Gasteiger partial charge >= 0.3 is 0 Å². The Hall–Kier alpha value is -2.28. The van der Waals surface area contributed by atoms with Crippen LogP contribution in [0.25, 0.3) is 0 Å². The van der Waals surface area contributed by atoms with Crippen LogP contribution in [0.15, 0.2) is 18.6 Å². The van der Waals surface area contributed by atoms with Crippen molar-refractivity contribution in [1.29, 1.82) is 0 Å². The number of hydrogen-bond donors (Lipinski definition) is 1. The number of carbonyl (C=O) groups is 1. The zero-order valence-corrected chi connectivity index (χ0v) is 14.7. The normalized spacial score (nSPS) is 21.2. The summed E-state index contributed by atoms with van der Waals surface area (Å²) in [4.78, 5) is 27.8. The molecule has 1 saturated heterocycles. The van der Waals surface area contributed by atoms with Crippen molar-refractivity contribution in [3.05, 3.63) is 41.5 Å². The summed E-state index contributed by atoms with van der Waals surface area (Å²) in [5.41, 5.74) is 2.11. The van der Waals surface area contributed by atoms with Gasteiger partial charge in [0.25, 0.3) is 5.91 Å². The van der Waals surface area contributed by atoms with Gasteiger partial charge in [-0.2, -0.15) is 0 Å². The topological polar surface area (TPSA) is 75.9 Å². The van der Waals surface area contributed by atoms with Gasteiger partial charge < -0.3 is 9.88 Å². The highest BCUT2D eigenvalue weighted by Crippen LogP contribution is 2.37. The second-order valence-electron chi connectivity index (χ2n) is 6.59. The van der Waals surface area contributed by atoms with Gasteiger partial charge in [-0.05, 0) is 39.3 Å². The van der Waals surface area contributed by atoms with Gasteiger partial charge in [-0.3, -0.25) is 9.69 Å². The van der Waals surface area contributed by atoms with E-state index in [1.807, 2.05) is 31.1 Å². The second-order valence-corrected chi connectivity index (χ2v) is 6.59. The lowest BCUT2D eigenvalue weighted by atomic mass is 9.97. The highest BCUT2D eigenvalue weighted by molar-refractivity contribution is 5.92. The fraction of sp³-hybridized carbons (Fsp3) is 0.529. The highest BCUT2D eigenvalue weighted by Gasteiger charge is 2.41. The van der Waals surface area contributed by atoms with Gasteiger partial charge in [0.05, 0.1) is 17.6 Å². The maximum Gasteiger partial charge on any atom is 0.269 e. The molecular weight excluding hydrogens is 304 g/mol. The molecule has 0 aliphatic carbocycles. The minimum absolute atomic E-state index is 0.179. The van der Waals surface area contributed by atoms with Crippen LogP contribution in [0.2, 0.25) is 0 Å². The molecule has 3 rings (SSSR count). The third kappa shape index (κ3) is 2.91. The first-order valence-electron chi connectivity index (χ1n) is 8.22. The fourth-order valence-electron chi connectivity index (χ4n) is 3.31. The van der Waals surface area contributed by atoms with E-state index in [1.165, 1.54) is 0 Å².